The number of amides is 4. The summed E-state index contributed by atoms with van der Waals surface area (Å²) in [6.07, 6.45) is 10.9. The fraction of sp³-hybridized carbons (Fsp3) is 0.568. The number of allylic oxidation sites excluding steroid dienone is 1. The molecule has 3 aliphatic heterocycles. The van der Waals surface area contributed by atoms with Crippen LogP contribution < -0.4 is 15.4 Å². The van der Waals surface area contributed by atoms with Gasteiger partial charge in [0, 0.05) is 25.3 Å². The van der Waals surface area contributed by atoms with Gasteiger partial charge >= 0.3 is 12.1 Å². The molecule has 1 aromatic carbocycles. The number of aryl methyl sites for hydroxylation is 1. The maximum absolute atomic E-state index is 14.7. The second-order valence-electron chi connectivity index (χ2n) is 15.2. The summed E-state index contributed by atoms with van der Waals surface area (Å²) in [6.45, 7) is 4.45. The fourth-order valence-electron chi connectivity index (χ4n) is 8.32. The van der Waals surface area contributed by atoms with Crippen molar-refractivity contribution in [2.24, 2.45) is 11.8 Å². The molecular formula is C37H45N7O8S. The third-order valence-electron chi connectivity index (χ3n) is 11.6. The molecule has 4 fully saturated rings. The molecule has 5 atom stereocenters. The number of fused-ring (bicyclic) bond motifs is 5. The summed E-state index contributed by atoms with van der Waals surface area (Å²) in [7, 11) is -3.89. The molecule has 53 heavy (non-hydrogen) atoms. The average molecular weight is 748 g/mol. The van der Waals surface area contributed by atoms with Crippen LogP contribution >= 0.6 is 0 Å². The Morgan fingerprint density at radius 3 is 2.64 bits per heavy atom. The Labute approximate surface area is 308 Å². The summed E-state index contributed by atoms with van der Waals surface area (Å²) in [5.41, 5.74) is 1.54. The van der Waals surface area contributed by atoms with Crippen molar-refractivity contribution in [2.75, 3.05) is 11.9 Å². The van der Waals surface area contributed by atoms with Crippen molar-refractivity contribution in [3.63, 3.8) is 0 Å². The quantitative estimate of drug-likeness (QED) is 0.353. The predicted molar refractivity (Wildman–Crippen MR) is 191 cm³/mol. The smallest absolute Gasteiger partial charge is 0.410 e. The van der Waals surface area contributed by atoms with E-state index in [0.29, 0.717) is 38.2 Å². The molecule has 0 spiro atoms. The van der Waals surface area contributed by atoms with Crippen LogP contribution in [0.2, 0.25) is 0 Å². The lowest BCUT2D eigenvalue weighted by atomic mass is 9.96. The van der Waals surface area contributed by atoms with Gasteiger partial charge in [0.1, 0.15) is 23.7 Å². The van der Waals surface area contributed by atoms with Gasteiger partial charge in [0.25, 0.3) is 5.91 Å². The Balaban J connectivity index is 1.09. The summed E-state index contributed by atoms with van der Waals surface area (Å²) >= 11 is 0. The first-order chi connectivity index (χ1) is 25.5. The number of anilines is 1. The molecule has 1 saturated heterocycles. The van der Waals surface area contributed by atoms with E-state index >= 15 is 0 Å². The Morgan fingerprint density at radius 2 is 1.89 bits per heavy atom. The van der Waals surface area contributed by atoms with Gasteiger partial charge in [0.05, 0.1) is 18.3 Å². The minimum atomic E-state index is -3.89. The second kappa shape index (κ2) is 13.9. The number of ether oxygens (including phenoxy) is 1. The van der Waals surface area contributed by atoms with Crippen molar-refractivity contribution < 1.29 is 36.7 Å². The zero-order chi connectivity index (χ0) is 36.9. The Kier molecular flexibility index (Phi) is 9.27. The van der Waals surface area contributed by atoms with Crippen molar-refractivity contribution in [2.45, 2.75) is 113 Å². The van der Waals surface area contributed by atoms with Crippen LogP contribution in [0, 0.1) is 11.8 Å². The van der Waals surface area contributed by atoms with Gasteiger partial charge in [-0.3, -0.25) is 24.0 Å². The van der Waals surface area contributed by atoms with E-state index in [2.05, 4.69) is 44.3 Å². The van der Waals surface area contributed by atoms with E-state index in [0.717, 1.165) is 55.2 Å². The summed E-state index contributed by atoms with van der Waals surface area (Å²) in [6, 6.07) is 4.15. The SMILES string of the molecule is C=C[C@@H]1C[C@]1(NC(=O)[C@@H]1C[C@@H]2CN1C(=O)[C@H](C1CCCC1)Nc1nnc(o1)CCCC=Cc1cccc3c1CN(C3)C(=O)O2)C(=O)NS(=O)(=O)C1CC1. The minimum Gasteiger partial charge on any atom is -0.444 e. The molecule has 15 nitrogen and oxygen atoms in total. The number of aromatic nitrogens is 2. The Morgan fingerprint density at radius 1 is 1.08 bits per heavy atom. The Hall–Kier alpha value is -4.73. The number of carbonyl (C=O) groups excluding carboxylic acids is 4. The zero-order valence-electron chi connectivity index (χ0n) is 29.5. The van der Waals surface area contributed by atoms with Crippen LogP contribution in [0.4, 0.5) is 10.8 Å². The first-order valence-corrected chi connectivity index (χ1v) is 20.2. The van der Waals surface area contributed by atoms with Crippen LogP contribution in [0.25, 0.3) is 6.08 Å². The van der Waals surface area contributed by atoms with E-state index in [1.807, 2.05) is 18.2 Å². The maximum atomic E-state index is 14.7. The van der Waals surface area contributed by atoms with Crippen molar-refractivity contribution in [3.8, 4) is 0 Å². The van der Waals surface area contributed by atoms with Gasteiger partial charge in [-0.15, -0.1) is 11.7 Å². The van der Waals surface area contributed by atoms with Crippen LogP contribution in [0.15, 0.2) is 41.3 Å². The molecule has 4 heterocycles. The molecule has 2 aromatic rings. The van der Waals surface area contributed by atoms with Gasteiger partial charge in [-0.05, 0) is 67.6 Å². The number of hydrogen-bond acceptors (Lipinski definition) is 11. The van der Waals surface area contributed by atoms with Crippen LogP contribution in [0.5, 0.6) is 0 Å². The molecular weight excluding hydrogens is 703 g/mol. The maximum Gasteiger partial charge on any atom is 0.410 e. The van der Waals surface area contributed by atoms with Gasteiger partial charge in [0.2, 0.25) is 27.7 Å². The van der Waals surface area contributed by atoms with Gasteiger partial charge in [-0.1, -0.05) is 54.4 Å². The molecule has 282 valence electrons. The molecule has 3 N–H and O–H groups in total. The van der Waals surface area contributed by atoms with Crippen LogP contribution in [-0.2, 0) is 48.7 Å². The molecule has 1 aromatic heterocycles. The van der Waals surface area contributed by atoms with E-state index in [-0.39, 0.29) is 37.2 Å². The number of hydrogen-bond donors (Lipinski definition) is 3. The monoisotopic (exact) mass is 747 g/mol. The van der Waals surface area contributed by atoms with Crippen molar-refractivity contribution in [1.82, 2.24) is 30.0 Å². The number of carbonyl (C=O) groups is 4. The summed E-state index contributed by atoms with van der Waals surface area (Å²) in [5.74, 6) is -2.00. The highest BCUT2D eigenvalue weighted by molar-refractivity contribution is 7.91. The predicted octanol–water partition coefficient (Wildman–Crippen LogP) is 3.18. The zero-order valence-corrected chi connectivity index (χ0v) is 30.3. The first kappa shape index (κ1) is 35.3. The lowest BCUT2D eigenvalue weighted by Gasteiger charge is -2.31. The Bertz CT molecular complexity index is 1950. The highest BCUT2D eigenvalue weighted by Gasteiger charge is 2.62. The van der Waals surface area contributed by atoms with Crippen LogP contribution in [0.1, 0.15) is 86.8 Å². The number of nitrogens with zero attached hydrogens (tertiary/aromatic N) is 4. The third kappa shape index (κ3) is 7.04. The standard InChI is InChI=1S/C37H45N7O8S/c1-2-25-18-37(25,34(47)42-53(49,50)27-15-16-27)39-32(45)29-17-26-20-44(29)33(46)31(23-10-6-7-11-23)38-35-41-40-30(52-35)14-5-3-4-9-22-12-8-13-24-19-43(21-28(22)24)36(48)51-26/h2,4,8-9,12-13,23,25-27,29,31H,1,3,5-7,10-11,14-21H2,(H,38,41)(H,39,45)(H,42,47)/t25-,26-,29+,31+,37-/m1/s1. The molecule has 3 saturated carbocycles. The number of sulfonamides is 1. The number of nitrogens with one attached hydrogen (secondary N) is 3. The van der Waals surface area contributed by atoms with Gasteiger partial charge in [-0.25, -0.2) is 13.2 Å². The minimum absolute atomic E-state index is 0.0169. The average Bonchev–Trinajstić information content (AvgIpc) is 3.77. The molecule has 6 aliphatic rings. The van der Waals surface area contributed by atoms with Crippen LogP contribution in [-0.4, -0.2) is 87.8 Å². The van der Waals surface area contributed by atoms with Gasteiger partial charge < -0.3 is 24.7 Å². The number of rotatable bonds is 7. The molecule has 3 aliphatic carbocycles. The topological polar surface area (TPSA) is 193 Å². The number of benzene rings is 1. The van der Waals surface area contributed by atoms with E-state index < -0.39 is 62.8 Å². The molecule has 0 unspecified atom stereocenters. The van der Waals surface area contributed by atoms with Gasteiger partial charge in [0.15, 0.2) is 0 Å². The lowest BCUT2D eigenvalue weighted by molar-refractivity contribution is -0.141. The van der Waals surface area contributed by atoms with Gasteiger partial charge in [-0.2, -0.15) is 0 Å². The largest absolute Gasteiger partial charge is 0.444 e. The normalized spacial score (nSPS) is 29.0. The summed E-state index contributed by atoms with van der Waals surface area (Å²) < 4.78 is 39.6. The van der Waals surface area contributed by atoms with E-state index in [1.165, 1.54) is 11.0 Å². The highest BCUT2D eigenvalue weighted by atomic mass is 32.2. The third-order valence-corrected chi connectivity index (χ3v) is 13.4. The summed E-state index contributed by atoms with van der Waals surface area (Å²) in [5, 5.41) is 13.8. The van der Waals surface area contributed by atoms with E-state index in [1.54, 1.807) is 4.90 Å². The second-order valence-corrected chi connectivity index (χ2v) is 17.2. The highest BCUT2D eigenvalue weighted by Crippen LogP contribution is 2.45. The van der Waals surface area contributed by atoms with Crippen molar-refractivity contribution in [1.29, 1.82) is 0 Å². The molecule has 6 bridgehead atoms. The fourth-order valence-corrected chi connectivity index (χ4v) is 9.69. The lowest BCUT2D eigenvalue weighted by Crippen LogP contribution is -2.58. The van der Waals surface area contributed by atoms with Crippen LogP contribution in [0.3, 0.4) is 0 Å². The summed E-state index contributed by atoms with van der Waals surface area (Å²) in [4.78, 5) is 59.2. The van der Waals surface area contributed by atoms with Crippen molar-refractivity contribution >= 4 is 45.9 Å². The first-order valence-electron chi connectivity index (χ1n) is 18.7. The molecule has 0 radical (unpaired) electrons. The van der Waals surface area contributed by atoms with E-state index in [4.69, 9.17) is 9.15 Å². The molecule has 8 rings (SSSR count). The van der Waals surface area contributed by atoms with Crippen molar-refractivity contribution in [3.05, 3.63) is 59.5 Å². The molecule has 16 heteroatoms. The molecule has 4 amide bonds. The van der Waals surface area contributed by atoms with E-state index in [9.17, 15) is 27.6 Å².